The van der Waals surface area contributed by atoms with Crippen LogP contribution in [-0.2, 0) is 0 Å². The van der Waals surface area contributed by atoms with E-state index in [-0.39, 0.29) is 5.84 Å². The molecule has 5 nitrogen and oxygen atoms in total. The number of anilines is 1. The highest BCUT2D eigenvalue weighted by Crippen LogP contribution is 2.24. The van der Waals surface area contributed by atoms with Crippen LogP contribution in [0.2, 0.25) is 0 Å². The first-order valence-electron chi connectivity index (χ1n) is 5.79. The third-order valence-electron chi connectivity index (χ3n) is 3.32. The average molecular weight is 233 g/mol. The van der Waals surface area contributed by atoms with E-state index in [0.29, 0.717) is 6.04 Å². The highest BCUT2D eigenvalue weighted by atomic mass is 15.2. The number of nitrogens with two attached hydrogens (primary N) is 1. The average Bonchev–Trinajstić information content (AvgIpc) is 2.78. The Labute approximate surface area is 102 Å². The van der Waals surface area contributed by atoms with Crippen molar-refractivity contribution < 1.29 is 0 Å². The van der Waals surface area contributed by atoms with Crippen LogP contribution in [0, 0.1) is 5.41 Å². The number of nitrogen functional groups attached to an aromatic ring is 1. The number of aromatic nitrogens is 1. The van der Waals surface area contributed by atoms with Gasteiger partial charge < -0.3 is 15.5 Å². The van der Waals surface area contributed by atoms with Gasteiger partial charge in [-0.1, -0.05) is 0 Å². The summed E-state index contributed by atoms with van der Waals surface area (Å²) >= 11 is 0. The highest BCUT2D eigenvalue weighted by Gasteiger charge is 2.25. The standard InChI is InChI=1S/C12H19N5/c1-16(2)9-4-6-17(8-9)11-7-15-5-3-10(11)12(13)14/h3,5,7,9H,4,6,8H2,1-2H3,(H3,13,14). The molecular weight excluding hydrogens is 214 g/mol. The largest absolute Gasteiger partial charge is 0.384 e. The van der Waals surface area contributed by atoms with Crippen LogP contribution in [0.3, 0.4) is 0 Å². The van der Waals surface area contributed by atoms with Crippen LogP contribution >= 0.6 is 0 Å². The summed E-state index contributed by atoms with van der Waals surface area (Å²) in [5.74, 6) is 0.107. The fraction of sp³-hybridized carbons (Fsp3) is 0.500. The monoisotopic (exact) mass is 233 g/mol. The summed E-state index contributed by atoms with van der Waals surface area (Å²) in [5, 5.41) is 7.59. The molecule has 0 spiro atoms. The van der Waals surface area contributed by atoms with Gasteiger partial charge in [0, 0.05) is 30.9 Å². The van der Waals surface area contributed by atoms with Gasteiger partial charge in [0.1, 0.15) is 5.84 Å². The molecule has 0 radical (unpaired) electrons. The molecule has 3 N–H and O–H groups in total. The molecule has 1 aromatic heterocycles. The molecule has 1 aliphatic rings. The Morgan fingerprint density at radius 3 is 2.94 bits per heavy atom. The van der Waals surface area contributed by atoms with E-state index in [4.69, 9.17) is 11.1 Å². The van der Waals surface area contributed by atoms with Crippen LogP contribution < -0.4 is 10.6 Å². The maximum absolute atomic E-state index is 7.59. The van der Waals surface area contributed by atoms with Gasteiger partial charge in [-0.15, -0.1) is 0 Å². The maximum atomic E-state index is 7.59. The minimum absolute atomic E-state index is 0.107. The highest BCUT2D eigenvalue weighted by molar-refractivity contribution is 6.00. The van der Waals surface area contributed by atoms with Gasteiger partial charge in [-0.25, -0.2) is 0 Å². The van der Waals surface area contributed by atoms with Crippen molar-refractivity contribution in [1.29, 1.82) is 5.41 Å². The Morgan fingerprint density at radius 1 is 1.59 bits per heavy atom. The first kappa shape index (κ1) is 11.9. The number of hydrogen-bond acceptors (Lipinski definition) is 4. The van der Waals surface area contributed by atoms with E-state index in [0.717, 1.165) is 30.8 Å². The van der Waals surface area contributed by atoms with E-state index in [1.807, 2.05) is 0 Å². The quantitative estimate of drug-likeness (QED) is 0.589. The van der Waals surface area contributed by atoms with Crippen LogP contribution in [0.15, 0.2) is 18.5 Å². The first-order valence-corrected chi connectivity index (χ1v) is 5.79. The Kier molecular flexibility index (Phi) is 3.28. The summed E-state index contributed by atoms with van der Waals surface area (Å²) in [6.45, 7) is 1.97. The van der Waals surface area contributed by atoms with Crippen LogP contribution in [0.5, 0.6) is 0 Å². The molecule has 2 rings (SSSR count). The Morgan fingerprint density at radius 2 is 2.35 bits per heavy atom. The van der Waals surface area contributed by atoms with Crippen molar-refractivity contribution >= 4 is 11.5 Å². The SMILES string of the molecule is CN(C)C1CCN(c2cnccc2C(=N)N)C1. The number of nitrogens with zero attached hydrogens (tertiary/aromatic N) is 3. The van der Waals surface area contributed by atoms with E-state index >= 15 is 0 Å². The summed E-state index contributed by atoms with van der Waals surface area (Å²) in [6.07, 6.45) is 4.62. The lowest BCUT2D eigenvalue weighted by Crippen LogP contribution is -2.32. The van der Waals surface area contributed by atoms with Gasteiger partial charge in [-0.2, -0.15) is 0 Å². The second-order valence-electron chi connectivity index (χ2n) is 4.66. The van der Waals surface area contributed by atoms with Crippen molar-refractivity contribution in [3.8, 4) is 0 Å². The van der Waals surface area contributed by atoms with Crippen molar-refractivity contribution in [3.05, 3.63) is 24.0 Å². The fourth-order valence-corrected chi connectivity index (χ4v) is 2.25. The number of pyridine rings is 1. The van der Waals surface area contributed by atoms with Gasteiger partial charge in [0.05, 0.1) is 11.9 Å². The van der Waals surface area contributed by atoms with Crippen molar-refractivity contribution in [2.75, 3.05) is 32.1 Å². The molecule has 1 aromatic rings. The van der Waals surface area contributed by atoms with E-state index in [2.05, 4.69) is 28.9 Å². The number of nitrogens with one attached hydrogen (secondary N) is 1. The third-order valence-corrected chi connectivity index (χ3v) is 3.32. The summed E-state index contributed by atoms with van der Waals surface area (Å²) < 4.78 is 0. The third kappa shape index (κ3) is 2.39. The number of amidine groups is 1. The molecule has 0 bridgehead atoms. The lowest BCUT2D eigenvalue weighted by Gasteiger charge is -2.23. The predicted octanol–water partition coefficient (Wildman–Crippen LogP) is 0.506. The Bertz CT molecular complexity index is 415. The van der Waals surface area contributed by atoms with Gasteiger partial charge in [0.15, 0.2) is 0 Å². The van der Waals surface area contributed by atoms with Crippen LogP contribution in [0.4, 0.5) is 5.69 Å². The molecule has 1 aliphatic heterocycles. The lowest BCUT2D eigenvalue weighted by molar-refractivity contribution is 0.315. The van der Waals surface area contributed by atoms with E-state index < -0.39 is 0 Å². The number of hydrogen-bond donors (Lipinski definition) is 2. The molecule has 1 fully saturated rings. The summed E-state index contributed by atoms with van der Waals surface area (Å²) in [4.78, 5) is 8.63. The molecular formula is C12H19N5. The van der Waals surface area contributed by atoms with Crippen molar-refractivity contribution in [1.82, 2.24) is 9.88 Å². The molecule has 92 valence electrons. The Balaban J connectivity index is 2.21. The smallest absolute Gasteiger partial charge is 0.125 e. The van der Waals surface area contributed by atoms with Gasteiger partial charge in [0.2, 0.25) is 0 Å². The topological polar surface area (TPSA) is 69.2 Å². The first-order chi connectivity index (χ1) is 8.09. The molecule has 17 heavy (non-hydrogen) atoms. The number of rotatable bonds is 3. The predicted molar refractivity (Wildman–Crippen MR) is 69.6 cm³/mol. The van der Waals surface area contributed by atoms with Gasteiger partial charge in [0.25, 0.3) is 0 Å². The zero-order chi connectivity index (χ0) is 12.4. The summed E-state index contributed by atoms with van der Waals surface area (Å²) in [6, 6.07) is 2.37. The second kappa shape index (κ2) is 4.71. The van der Waals surface area contributed by atoms with Crippen molar-refractivity contribution in [3.63, 3.8) is 0 Å². The zero-order valence-electron chi connectivity index (χ0n) is 10.3. The summed E-state index contributed by atoms with van der Waals surface area (Å²) in [5.41, 5.74) is 7.35. The lowest BCUT2D eigenvalue weighted by atomic mass is 10.2. The minimum atomic E-state index is 0.107. The van der Waals surface area contributed by atoms with Gasteiger partial charge in [-0.3, -0.25) is 10.4 Å². The Hall–Kier alpha value is -1.62. The molecule has 2 heterocycles. The van der Waals surface area contributed by atoms with Crippen LogP contribution in [0.25, 0.3) is 0 Å². The van der Waals surface area contributed by atoms with Crippen molar-refractivity contribution in [2.45, 2.75) is 12.5 Å². The molecule has 0 saturated carbocycles. The molecule has 1 atom stereocenters. The zero-order valence-corrected chi connectivity index (χ0v) is 10.3. The van der Waals surface area contributed by atoms with E-state index in [1.54, 1.807) is 18.5 Å². The molecule has 1 saturated heterocycles. The van der Waals surface area contributed by atoms with E-state index in [9.17, 15) is 0 Å². The molecule has 1 unspecified atom stereocenters. The maximum Gasteiger partial charge on any atom is 0.125 e. The van der Waals surface area contributed by atoms with Crippen LogP contribution in [-0.4, -0.2) is 48.9 Å². The van der Waals surface area contributed by atoms with Crippen molar-refractivity contribution in [2.24, 2.45) is 5.73 Å². The van der Waals surface area contributed by atoms with Gasteiger partial charge in [-0.05, 0) is 26.6 Å². The summed E-state index contributed by atoms with van der Waals surface area (Å²) in [7, 11) is 4.20. The number of likely N-dealkylation sites (N-methyl/N-ethyl adjacent to an activating group) is 1. The molecule has 0 aromatic carbocycles. The second-order valence-corrected chi connectivity index (χ2v) is 4.66. The normalized spacial score (nSPS) is 19.9. The fourth-order valence-electron chi connectivity index (χ4n) is 2.25. The van der Waals surface area contributed by atoms with Crippen LogP contribution in [0.1, 0.15) is 12.0 Å². The van der Waals surface area contributed by atoms with E-state index in [1.165, 1.54) is 0 Å². The molecule has 0 amide bonds. The minimum Gasteiger partial charge on any atom is -0.384 e. The van der Waals surface area contributed by atoms with Gasteiger partial charge >= 0.3 is 0 Å². The molecule has 0 aliphatic carbocycles. The molecule has 5 heteroatoms.